The molecule has 4 saturated carbocycles. The van der Waals surface area contributed by atoms with Gasteiger partial charge in [-0.25, -0.2) is 0 Å². The molecule has 41 heavy (non-hydrogen) atoms. The van der Waals surface area contributed by atoms with Crippen molar-refractivity contribution >= 4 is 12.2 Å². The first-order chi connectivity index (χ1) is 20.3. The van der Waals surface area contributed by atoms with E-state index in [0.29, 0.717) is 0 Å². The van der Waals surface area contributed by atoms with Crippen LogP contribution in [0.15, 0.2) is 35.4 Å². The maximum absolute atomic E-state index is 2.69. The minimum Gasteiger partial charge on any atom is -0.0652 e. The van der Waals surface area contributed by atoms with E-state index < -0.39 is 0 Å². The van der Waals surface area contributed by atoms with Gasteiger partial charge in [-0.2, -0.15) is 0 Å². The zero-order chi connectivity index (χ0) is 27.2. The zero-order valence-electron chi connectivity index (χ0n) is 25.6. The van der Waals surface area contributed by atoms with E-state index in [-0.39, 0.29) is 0 Å². The summed E-state index contributed by atoms with van der Waals surface area (Å²) in [4.78, 5) is 0. The van der Waals surface area contributed by atoms with Crippen molar-refractivity contribution in [2.45, 2.75) is 159 Å². The lowest BCUT2D eigenvalue weighted by Crippen LogP contribution is -2.04. The predicted molar refractivity (Wildman–Crippen MR) is 175 cm³/mol. The monoisotopic (exact) mass is 544 g/mol. The first-order valence-electron chi connectivity index (χ1n) is 18.0. The van der Waals surface area contributed by atoms with Crippen LogP contribution in [0.5, 0.6) is 0 Å². The molecule has 216 valence electrons. The van der Waals surface area contributed by atoms with Crippen LogP contribution in [0.2, 0.25) is 0 Å². The third-order valence-electron chi connectivity index (χ3n) is 12.5. The lowest BCUT2D eigenvalue weighted by Gasteiger charge is -2.20. The maximum atomic E-state index is 2.69. The number of allylic oxidation sites excluding steroid dienone is 2. The maximum Gasteiger partial charge on any atom is -0.00549 e. The van der Waals surface area contributed by atoms with Gasteiger partial charge in [0.05, 0.1) is 0 Å². The van der Waals surface area contributed by atoms with Gasteiger partial charge in [-0.15, -0.1) is 0 Å². The first-order valence-corrected chi connectivity index (χ1v) is 18.0. The summed E-state index contributed by atoms with van der Waals surface area (Å²) >= 11 is 0. The average molecular weight is 545 g/mol. The van der Waals surface area contributed by atoms with Crippen molar-refractivity contribution in [1.82, 2.24) is 0 Å². The fourth-order valence-electron chi connectivity index (χ4n) is 10.4. The van der Waals surface area contributed by atoms with E-state index in [0.717, 1.165) is 23.7 Å². The number of benzene rings is 2. The molecule has 0 N–H and O–H groups in total. The van der Waals surface area contributed by atoms with E-state index in [4.69, 9.17) is 0 Å². The Bertz CT molecular complexity index is 1220. The molecular weight excluding hydrogens is 492 g/mol. The summed E-state index contributed by atoms with van der Waals surface area (Å²) in [6.45, 7) is 0. The molecule has 0 radical (unpaired) electrons. The highest BCUT2D eigenvalue weighted by molar-refractivity contribution is 5.71. The summed E-state index contributed by atoms with van der Waals surface area (Å²) < 4.78 is 0. The molecule has 0 amide bonds. The van der Waals surface area contributed by atoms with Crippen LogP contribution >= 0.6 is 0 Å². The van der Waals surface area contributed by atoms with Gasteiger partial charge in [-0.1, -0.05) is 98.9 Å². The van der Waals surface area contributed by atoms with Crippen LogP contribution in [-0.4, -0.2) is 0 Å². The standard InChI is InChI=1S/C41H52/c1-2-13-30(12-1)34-20-21-35(31-14-3-4-15-31)39-25-28(24-38(34)39)10-9-11-29-26-40-36(32-16-5-6-17-32)22-23-37(41(40)27-29)33-18-7-8-19-33/h20-24,26,30-33H,1-19,25,27H2. The van der Waals surface area contributed by atoms with Crippen molar-refractivity contribution in [2.24, 2.45) is 0 Å². The van der Waals surface area contributed by atoms with Crippen LogP contribution in [0.1, 0.15) is 190 Å². The van der Waals surface area contributed by atoms with Crippen LogP contribution in [0, 0.1) is 0 Å². The highest BCUT2D eigenvalue weighted by atomic mass is 14.4. The SMILES string of the molecule is C1=C(CCCC2=Cc3c(C4CCCC4)ccc(C4CCCC4)c3C2)Cc2c(C3CCCC3)ccc(C3CCCC3)c21. The van der Waals surface area contributed by atoms with Crippen molar-refractivity contribution in [1.29, 1.82) is 0 Å². The Balaban J connectivity index is 0.991. The first kappa shape index (κ1) is 26.5. The molecule has 0 atom stereocenters. The minimum atomic E-state index is 0.822. The predicted octanol–water partition coefficient (Wildman–Crippen LogP) is 12.1. The third kappa shape index (κ3) is 5.10. The van der Waals surface area contributed by atoms with E-state index in [1.54, 1.807) is 55.7 Å². The van der Waals surface area contributed by atoms with E-state index in [1.165, 1.54) is 135 Å². The molecule has 0 saturated heterocycles. The average Bonchev–Trinajstić information content (AvgIpc) is 3.85. The molecule has 0 nitrogen and oxygen atoms in total. The molecule has 8 rings (SSSR count). The van der Waals surface area contributed by atoms with Gasteiger partial charge < -0.3 is 0 Å². The van der Waals surface area contributed by atoms with Crippen LogP contribution in [0.25, 0.3) is 12.2 Å². The van der Waals surface area contributed by atoms with Gasteiger partial charge in [0.2, 0.25) is 0 Å². The molecule has 0 aliphatic heterocycles. The highest BCUT2D eigenvalue weighted by Crippen LogP contribution is 2.47. The molecule has 0 heterocycles. The molecule has 2 aromatic rings. The number of hydrogen-bond acceptors (Lipinski definition) is 0. The number of fused-ring (bicyclic) bond motifs is 2. The van der Waals surface area contributed by atoms with Crippen molar-refractivity contribution in [3.05, 3.63) is 79.9 Å². The van der Waals surface area contributed by atoms with Gasteiger partial charge in [-0.3, -0.25) is 0 Å². The van der Waals surface area contributed by atoms with Gasteiger partial charge in [-0.05, 0) is 152 Å². The Morgan fingerprint density at radius 3 is 1.10 bits per heavy atom. The molecule has 4 fully saturated rings. The molecule has 0 bridgehead atoms. The molecule has 0 unspecified atom stereocenters. The fraction of sp³-hybridized carbons (Fsp3) is 0.610. The molecule has 0 heteroatoms. The second-order valence-corrected chi connectivity index (χ2v) is 15.0. The Hall–Kier alpha value is -2.08. The topological polar surface area (TPSA) is 0 Å². The van der Waals surface area contributed by atoms with Gasteiger partial charge in [0, 0.05) is 0 Å². The highest BCUT2D eigenvalue weighted by Gasteiger charge is 2.30. The third-order valence-corrected chi connectivity index (χ3v) is 12.5. The minimum absolute atomic E-state index is 0.822. The molecular formula is C41H52. The smallest absolute Gasteiger partial charge is 0.00549 e. The lowest BCUT2D eigenvalue weighted by molar-refractivity contribution is 0.698. The Kier molecular flexibility index (Phi) is 7.47. The van der Waals surface area contributed by atoms with Crippen molar-refractivity contribution in [3.8, 4) is 0 Å². The zero-order valence-corrected chi connectivity index (χ0v) is 25.6. The number of hydrogen-bond donors (Lipinski definition) is 0. The fourth-order valence-corrected chi connectivity index (χ4v) is 10.4. The Morgan fingerprint density at radius 2 is 0.732 bits per heavy atom. The second kappa shape index (κ2) is 11.5. The van der Waals surface area contributed by atoms with Crippen LogP contribution in [0.3, 0.4) is 0 Å². The quantitative estimate of drug-likeness (QED) is 0.310. The van der Waals surface area contributed by atoms with Gasteiger partial charge in [0.25, 0.3) is 0 Å². The Labute approximate surface area is 250 Å². The normalized spacial score (nSPS) is 23.5. The molecule has 0 aromatic heterocycles. The molecule has 2 aromatic carbocycles. The van der Waals surface area contributed by atoms with E-state index in [2.05, 4.69) is 36.4 Å². The van der Waals surface area contributed by atoms with E-state index in [9.17, 15) is 0 Å². The second-order valence-electron chi connectivity index (χ2n) is 15.0. The summed E-state index contributed by atoms with van der Waals surface area (Å²) in [6.07, 6.45) is 34.6. The van der Waals surface area contributed by atoms with Crippen molar-refractivity contribution in [2.75, 3.05) is 0 Å². The van der Waals surface area contributed by atoms with Gasteiger partial charge >= 0.3 is 0 Å². The van der Waals surface area contributed by atoms with Gasteiger partial charge in [0.15, 0.2) is 0 Å². The Morgan fingerprint density at radius 1 is 0.415 bits per heavy atom. The van der Waals surface area contributed by atoms with Crippen LogP contribution in [0.4, 0.5) is 0 Å². The summed E-state index contributed by atoms with van der Waals surface area (Å²) in [5.74, 6) is 3.31. The van der Waals surface area contributed by atoms with Crippen LogP contribution < -0.4 is 0 Å². The summed E-state index contributed by atoms with van der Waals surface area (Å²) in [6, 6.07) is 10.3. The molecule has 6 aliphatic carbocycles. The summed E-state index contributed by atoms with van der Waals surface area (Å²) in [5, 5.41) is 0. The van der Waals surface area contributed by atoms with Crippen molar-refractivity contribution < 1.29 is 0 Å². The largest absolute Gasteiger partial charge is 0.0652 e. The summed E-state index contributed by atoms with van der Waals surface area (Å²) in [5.41, 5.74) is 17.2. The van der Waals surface area contributed by atoms with E-state index >= 15 is 0 Å². The van der Waals surface area contributed by atoms with Crippen LogP contribution in [-0.2, 0) is 12.8 Å². The van der Waals surface area contributed by atoms with Gasteiger partial charge in [0.1, 0.15) is 0 Å². The molecule has 6 aliphatic rings. The van der Waals surface area contributed by atoms with E-state index in [1.807, 2.05) is 0 Å². The number of rotatable bonds is 8. The van der Waals surface area contributed by atoms with Crippen molar-refractivity contribution in [3.63, 3.8) is 0 Å². The molecule has 0 spiro atoms. The summed E-state index contributed by atoms with van der Waals surface area (Å²) in [7, 11) is 0. The lowest BCUT2D eigenvalue weighted by atomic mass is 9.84.